The summed E-state index contributed by atoms with van der Waals surface area (Å²) in [6.07, 6.45) is -0.350. The van der Waals surface area contributed by atoms with E-state index in [9.17, 15) is 4.79 Å². The van der Waals surface area contributed by atoms with Crippen molar-refractivity contribution < 1.29 is 14.3 Å². The third kappa shape index (κ3) is 2.38. The molecule has 0 radical (unpaired) electrons. The van der Waals surface area contributed by atoms with E-state index >= 15 is 0 Å². The molecule has 1 aromatic rings. The number of nitrogens with zero attached hydrogens (tertiary/aromatic N) is 2. The van der Waals surface area contributed by atoms with Crippen LogP contribution in [0.25, 0.3) is 5.76 Å². The van der Waals surface area contributed by atoms with Crippen molar-refractivity contribution in [1.82, 2.24) is 4.90 Å². The number of hydrogen-bond donors (Lipinski definition) is 0. The van der Waals surface area contributed by atoms with E-state index in [0.29, 0.717) is 12.4 Å². The Bertz CT molecular complexity index is 655. The van der Waals surface area contributed by atoms with E-state index in [-0.39, 0.29) is 12.1 Å². The van der Waals surface area contributed by atoms with Gasteiger partial charge in [0, 0.05) is 25.3 Å². The summed E-state index contributed by atoms with van der Waals surface area (Å²) in [6, 6.07) is 7.84. The van der Waals surface area contributed by atoms with Gasteiger partial charge in [0.05, 0.1) is 16.2 Å². The van der Waals surface area contributed by atoms with Crippen LogP contribution in [0, 0.1) is 0 Å². The number of ether oxygens (including phenoxy) is 2. The molecular weight excluding hydrogens is 395 g/mol. The second-order valence-corrected chi connectivity index (χ2v) is 7.26. The Labute approximate surface area is 144 Å². The monoisotopic (exact) mass is 414 g/mol. The number of carbonyl (C=O) groups is 1. The summed E-state index contributed by atoms with van der Waals surface area (Å²) in [5.41, 5.74) is 1.31. The normalized spacial score (nSPS) is 23.4. The molecule has 118 valence electrons. The van der Waals surface area contributed by atoms with Crippen molar-refractivity contribution in [3.8, 4) is 0 Å². The van der Waals surface area contributed by atoms with Gasteiger partial charge >= 0.3 is 6.09 Å². The van der Waals surface area contributed by atoms with Gasteiger partial charge in [0.15, 0.2) is 5.76 Å². The van der Waals surface area contributed by atoms with Crippen LogP contribution in [0.2, 0.25) is 0 Å². The summed E-state index contributed by atoms with van der Waals surface area (Å²) in [5.74, 6) is 0.637. The van der Waals surface area contributed by atoms with Crippen LogP contribution in [-0.4, -0.2) is 43.5 Å². The number of carbonyl (C=O) groups excluding carboxylic acids is 1. The first kappa shape index (κ1) is 15.6. The lowest BCUT2D eigenvalue weighted by molar-refractivity contribution is -0.0422. The zero-order valence-corrected chi connectivity index (χ0v) is 15.2. The molecular formula is C16H19IN2O3. The third-order valence-corrected chi connectivity index (χ3v) is 5.22. The Morgan fingerprint density at radius 2 is 2.00 bits per heavy atom. The number of anilines is 1. The lowest BCUT2D eigenvalue weighted by Crippen LogP contribution is -2.50. The second-order valence-electron chi connectivity index (χ2n) is 6.10. The van der Waals surface area contributed by atoms with E-state index in [0.717, 1.165) is 14.8 Å². The highest BCUT2D eigenvalue weighted by Crippen LogP contribution is 2.43. The standard InChI is InChI=1S/C16H19IN2O3/c1-16(2)19-12(9-21-16)13(17)14(22-15(19)20)10-7-5-6-8-11(10)18(3)4/h5-8,12H,9H2,1-4H3/t12-/m0/s1. The van der Waals surface area contributed by atoms with Gasteiger partial charge in [-0.05, 0) is 48.6 Å². The van der Waals surface area contributed by atoms with Crippen LogP contribution in [0.3, 0.4) is 0 Å². The fraction of sp³-hybridized carbons (Fsp3) is 0.438. The Morgan fingerprint density at radius 3 is 2.68 bits per heavy atom. The van der Waals surface area contributed by atoms with Crippen LogP contribution in [0.15, 0.2) is 27.8 Å². The molecule has 6 heteroatoms. The average Bonchev–Trinajstić information content (AvgIpc) is 2.79. The number of hydrogen-bond acceptors (Lipinski definition) is 4. The van der Waals surface area contributed by atoms with Gasteiger partial charge in [0.1, 0.15) is 5.72 Å². The van der Waals surface area contributed by atoms with Crippen LogP contribution in [-0.2, 0) is 9.47 Å². The molecule has 22 heavy (non-hydrogen) atoms. The molecule has 0 aromatic heterocycles. The summed E-state index contributed by atoms with van der Waals surface area (Å²) in [6.45, 7) is 4.27. The van der Waals surface area contributed by atoms with Gasteiger partial charge in [0.25, 0.3) is 0 Å². The van der Waals surface area contributed by atoms with Gasteiger partial charge in [-0.25, -0.2) is 4.79 Å². The molecule has 0 unspecified atom stereocenters. The maximum Gasteiger partial charge on any atom is 0.418 e. The summed E-state index contributed by atoms with van der Waals surface area (Å²) in [5, 5.41) is 0. The largest absolute Gasteiger partial charge is 0.418 e. The van der Waals surface area contributed by atoms with Gasteiger partial charge in [-0.2, -0.15) is 0 Å². The molecule has 2 aliphatic rings. The Hall–Kier alpha value is -1.28. The lowest BCUT2D eigenvalue weighted by Gasteiger charge is -2.36. The first-order chi connectivity index (χ1) is 10.3. The molecule has 1 atom stereocenters. The lowest BCUT2D eigenvalue weighted by atomic mass is 10.1. The SMILES string of the molecule is CN(C)c1ccccc1C1=C(I)[C@@H]2COC(C)(C)N2C(=O)O1. The summed E-state index contributed by atoms with van der Waals surface area (Å²) in [4.78, 5) is 16.2. The van der Waals surface area contributed by atoms with Crippen molar-refractivity contribution in [2.75, 3.05) is 25.6 Å². The molecule has 0 aliphatic carbocycles. The van der Waals surface area contributed by atoms with Gasteiger partial charge < -0.3 is 14.4 Å². The van der Waals surface area contributed by atoms with Crippen LogP contribution in [0.5, 0.6) is 0 Å². The molecule has 5 nitrogen and oxygen atoms in total. The molecule has 1 saturated heterocycles. The zero-order valence-electron chi connectivity index (χ0n) is 13.1. The van der Waals surface area contributed by atoms with E-state index in [1.807, 2.05) is 57.1 Å². The third-order valence-electron chi connectivity index (χ3n) is 4.01. The second kappa shape index (κ2) is 5.42. The molecule has 0 bridgehead atoms. The Balaban J connectivity index is 2.10. The molecule has 0 spiro atoms. The molecule has 2 aliphatic heterocycles. The molecule has 0 N–H and O–H groups in total. The van der Waals surface area contributed by atoms with E-state index in [1.54, 1.807) is 4.90 Å². The van der Waals surface area contributed by atoms with Gasteiger partial charge in [-0.1, -0.05) is 12.1 Å². The van der Waals surface area contributed by atoms with E-state index in [4.69, 9.17) is 9.47 Å². The number of benzene rings is 1. The van der Waals surface area contributed by atoms with Crippen LogP contribution in [0.4, 0.5) is 10.5 Å². The maximum atomic E-state index is 12.5. The zero-order chi connectivity index (χ0) is 16.1. The molecule has 3 rings (SSSR count). The summed E-state index contributed by atoms with van der Waals surface area (Å²) in [7, 11) is 3.95. The highest BCUT2D eigenvalue weighted by Gasteiger charge is 2.50. The van der Waals surface area contributed by atoms with Crippen LogP contribution >= 0.6 is 22.6 Å². The van der Waals surface area contributed by atoms with Gasteiger partial charge in [-0.15, -0.1) is 0 Å². The molecule has 2 heterocycles. The quantitative estimate of drug-likeness (QED) is 0.696. The number of amides is 1. The smallest absolute Gasteiger partial charge is 0.409 e. The fourth-order valence-corrected chi connectivity index (χ4v) is 3.77. The minimum absolute atomic E-state index is 0.0814. The van der Waals surface area contributed by atoms with E-state index in [1.165, 1.54) is 0 Å². The first-order valence-electron chi connectivity index (χ1n) is 7.14. The van der Waals surface area contributed by atoms with Crippen molar-refractivity contribution in [3.63, 3.8) is 0 Å². The highest BCUT2D eigenvalue weighted by molar-refractivity contribution is 14.1. The van der Waals surface area contributed by atoms with Crippen molar-refractivity contribution in [1.29, 1.82) is 0 Å². The van der Waals surface area contributed by atoms with Gasteiger partial charge in [-0.3, -0.25) is 4.90 Å². The summed E-state index contributed by atoms with van der Waals surface area (Å²) >= 11 is 2.27. The molecule has 1 aromatic carbocycles. The number of fused-ring (bicyclic) bond motifs is 1. The average molecular weight is 414 g/mol. The van der Waals surface area contributed by atoms with Gasteiger partial charge in [0.2, 0.25) is 0 Å². The molecule has 1 amide bonds. The maximum absolute atomic E-state index is 12.5. The highest BCUT2D eigenvalue weighted by atomic mass is 127. The van der Waals surface area contributed by atoms with Crippen molar-refractivity contribution >= 4 is 40.1 Å². The van der Waals surface area contributed by atoms with Crippen LogP contribution in [0.1, 0.15) is 19.4 Å². The number of cyclic esters (lactones) is 1. The van der Waals surface area contributed by atoms with Crippen molar-refractivity contribution in [2.45, 2.75) is 25.6 Å². The number of para-hydroxylation sites is 1. The summed E-state index contributed by atoms with van der Waals surface area (Å²) < 4.78 is 12.4. The van der Waals surface area contributed by atoms with Crippen molar-refractivity contribution in [2.24, 2.45) is 0 Å². The Kier molecular flexibility index (Phi) is 3.84. The van der Waals surface area contributed by atoms with E-state index in [2.05, 4.69) is 22.6 Å². The predicted octanol–water partition coefficient (Wildman–Crippen LogP) is 3.44. The molecule has 0 saturated carbocycles. The minimum Gasteiger partial charge on any atom is -0.409 e. The fourth-order valence-electron chi connectivity index (χ4n) is 2.91. The first-order valence-corrected chi connectivity index (χ1v) is 8.22. The molecule has 1 fully saturated rings. The number of halogens is 1. The van der Waals surface area contributed by atoms with E-state index < -0.39 is 5.72 Å². The topological polar surface area (TPSA) is 42.0 Å². The van der Waals surface area contributed by atoms with Crippen molar-refractivity contribution in [3.05, 3.63) is 33.4 Å². The Morgan fingerprint density at radius 1 is 1.32 bits per heavy atom. The van der Waals surface area contributed by atoms with Crippen LogP contribution < -0.4 is 4.90 Å². The minimum atomic E-state index is -0.634. The number of rotatable bonds is 2. The predicted molar refractivity (Wildman–Crippen MR) is 93.8 cm³/mol.